The molecular formula is C15H22N2O2. The first-order valence-electron chi connectivity index (χ1n) is 6.79. The van der Waals surface area contributed by atoms with Crippen LogP contribution in [0.15, 0.2) is 24.3 Å². The van der Waals surface area contributed by atoms with Gasteiger partial charge in [-0.25, -0.2) is 0 Å². The summed E-state index contributed by atoms with van der Waals surface area (Å²) in [6.07, 6.45) is 1.99. The molecule has 0 unspecified atom stereocenters. The lowest BCUT2D eigenvalue weighted by atomic mass is 10.1. The Balaban J connectivity index is 2.08. The fourth-order valence-corrected chi connectivity index (χ4v) is 2.15. The summed E-state index contributed by atoms with van der Waals surface area (Å²) in [4.78, 5) is 12.3. The van der Waals surface area contributed by atoms with Crippen LogP contribution in [0.4, 0.5) is 5.69 Å². The van der Waals surface area contributed by atoms with E-state index in [2.05, 4.69) is 10.6 Å². The molecule has 0 saturated heterocycles. The molecule has 1 aliphatic carbocycles. The van der Waals surface area contributed by atoms with Gasteiger partial charge in [-0.15, -0.1) is 0 Å². The van der Waals surface area contributed by atoms with Crippen LogP contribution in [0.2, 0.25) is 0 Å². The molecule has 1 fully saturated rings. The Morgan fingerprint density at radius 3 is 2.63 bits per heavy atom. The molecule has 1 aromatic rings. The zero-order valence-electron chi connectivity index (χ0n) is 11.8. The minimum atomic E-state index is -0.223. The monoisotopic (exact) mass is 262 g/mol. The molecule has 4 heteroatoms. The first-order valence-corrected chi connectivity index (χ1v) is 6.79. The number of amides is 1. The third-order valence-electron chi connectivity index (χ3n) is 3.35. The second-order valence-electron chi connectivity index (χ2n) is 5.43. The van der Waals surface area contributed by atoms with E-state index in [4.69, 9.17) is 4.74 Å². The summed E-state index contributed by atoms with van der Waals surface area (Å²) < 4.78 is 5.71. The van der Waals surface area contributed by atoms with E-state index < -0.39 is 0 Å². The summed E-state index contributed by atoms with van der Waals surface area (Å²) in [5.74, 6) is 0.813. The fourth-order valence-electron chi connectivity index (χ4n) is 2.15. The lowest BCUT2D eigenvalue weighted by Crippen LogP contribution is -2.32. The number of hydrogen-bond donors (Lipinski definition) is 2. The molecule has 2 rings (SSSR count). The molecule has 0 radical (unpaired) electrons. The zero-order valence-corrected chi connectivity index (χ0v) is 11.8. The van der Waals surface area contributed by atoms with E-state index in [1.165, 1.54) is 0 Å². The van der Waals surface area contributed by atoms with E-state index in [1.54, 1.807) is 0 Å². The predicted octanol–water partition coefficient (Wildman–Crippen LogP) is 2.41. The van der Waals surface area contributed by atoms with E-state index >= 15 is 0 Å². The largest absolute Gasteiger partial charge is 0.489 e. The van der Waals surface area contributed by atoms with Gasteiger partial charge in [-0.1, -0.05) is 12.1 Å². The number of ether oxygens (including phenoxy) is 1. The Morgan fingerprint density at radius 2 is 2.05 bits per heavy atom. The maximum atomic E-state index is 12.3. The van der Waals surface area contributed by atoms with Crippen molar-refractivity contribution >= 4 is 11.6 Å². The van der Waals surface area contributed by atoms with Gasteiger partial charge in [0.05, 0.1) is 17.2 Å². The number of rotatable bonds is 6. The fraction of sp³-hybridized carbons (Fsp3) is 0.533. The van der Waals surface area contributed by atoms with Crippen LogP contribution in [-0.2, 0) is 4.79 Å². The number of benzene rings is 1. The Morgan fingerprint density at radius 1 is 1.37 bits per heavy atom. The second-order valence-corrected chi connectivity index (χ2v) is 5.43. The van der Waals surface area contributed by atoms with Crippen LogP contribution in [0.5, 0.6) is 5.75 Å². The van der Waals surface area contributed by atoms with E-state index in [9.17, 15) is 4.79 Å². The first-order chi connectivity index (χ1) is 9.07. The highest BCUT2D eigenvalue weighted by molar-refractivity contribution is 5.98. The molecule has 19 heavy (non-hydrogen) atoms. The molecule has 1 saturated carbocycles. The van der Waals surface area contributed by atoms with Crippen molar-refractivity contribution < 1.29 is 9.53 Å². The van der Waals surface area contributed by atoms with Crippen LogP contribution in [-0.4, -0.2) is 25.6 Å². The van der Waals surface area contributed by atoms with Crippen molar-refractivity contribution in [3.63, 3.8) is 0 Å². The normalized spacial score (nSPS) is 16.2. The molecule has 0 aliphatic heterocycles. The number of para-hydroxylation sites is 2. The molecule has 4 nitrogen and oxygen atoms in total. The van der Waals surface area contributed by atoms with Gasteiger partial charge in [0.25, 0.3) is 0 Å². The molecular weight excluding hydrogens is 240 g/mol. The molecule has 1 aliphatic rings. The average molecular weight is 262 g/mol. The molecule has 0 spiro atoms. The van der Waals surface area contributed by atoms with Crippen molar-refractivity contribution in [3.05, 3.63) is 24.3 Å². The van der Waals surface area contributed by atoms with Gasteiger partial charge in [0, 0.05) is 6.54 Å². The van der Waals surface area contributed by atoms with Gasteiger partial charge in [-0.3, -0.25) is 4.79 Å². The zero-order chi connectivity index (χ0) is 13.9. The molecule has 0 aromatic heterocycles. The SMILES string of the molecule is CNCC1(C(=O)Nc2ccccc2OC(C)C)CC1. The van der Waals surface area contributed by atoms with E-state index in [0.717, 1.165) is 30.8 Å². The number of carbonyl (C=O) groups excluding carboxylic acids is 1. The number of nitrogens with one attached hydrogen (secondary N) is 2. The molecule has 0 heterocycles. The van der Waals surface area contributed by atoms with Crippen molar-refractivity contribution in [2.75, 3.05) is 18.9 Å². The lowest BCUT2D eigenvalue weighted by Gasteiger charge is -2.18. The molecule has 0 bridgehead atoms. The van der Waals surface area contributed by atoms with Crippen molar-refractivity contribution in [1.82, 2.24) is 5.32 Å². The third kappa shape index (κ3) is 3.26. The molecule has 2 N–H and O–H groups in total. The van der Waals surface area contributed by atoms with Crippen molar-refractivity contribution in [2.24, 2.45) is 5.41 Å². The van der Waals surface area contributed by atoms with E-state index in [-0.39, 0.29) is 17.4 Å². The number of anilines is 1. The van der Waals surface area contributed by atoms with Crippen molar-refractivity contribution in [1.29, 1.82) is 0 Å². The van der Waals surface area contributed by atoms with Crippen molar-refractivity contribution in [2.45, 2.75) is 32.8 Å². The maximum absolute atomic E-state index is 12.3. The highest BCUT2D eigenvalue weighted by Gasteiger charge is 2.49. The maximum Gasteiger partial charge on any atom is 0.231 e. The molecule has 0 atom stereocenters. The Kier molecular flexibility index (Phi) is 4.10. The molecule has 1 aromatic carbocycles. The predicted molar refractivity (Wildman–Crippen MR) is 76.4 cm³/mol. The van der Waals surface area contributed by atoms with Crippen LogP contribution in [0, 0.1) is 5.41 Å². The van der Waals surface area contributed by atoms with Gasteiger partial charge in [0.1, 0.15) is 5.75 Å². The summed E-state index contributed by atoms with van der Waals surface area (Å²) in [5.41, 5.74) is 0.531. The number of carbonyl (C=O) groups is 1. The minimum Gasteiger partial charge on any atom is -0.489 e. The quantitative estimate of drug-likeness (QED) is 0.827. The topological polar surface area (TPSA) is 50.4 Å². The number of hydrogen-bond acceptors (Lipinski definition) is 3. The standard InChI is InChI=1S/C15H22N2O2/c1-11(2)19-13-7-5-4-6-12(13)17-14(18)15(8-9-15)10-16-3/h4-7,11,16H,8-10H2,1-3H3,(H,17,18). The molecule has 104 valence electrons. The van der Waals surface area contributed by atoms with Gasteiger partial charge in [-0.05, 0) is 45.9 Å². The van der Waals surface area contributed by atoms with Crippen LogP contribution in [0.25, 0.3) is 0 Å². The van der Waals surface area contributed by atoms with E-state index in [1.807, 2.05) is 45.2 Å². The van der Waals surface area contributed by atoms with Gasteiger partial charge >= 0.3 is 0 Å². The third-order valence-corrected chi connectivity index (χ3v) is 3.35. The Labute approximate surface area is 114 Å². The summed E-state index contributed by atoms with van der Waals surface area (Å²) in [5, 5.41) is 6.09. The Hall–Kier alpha value is -1.55. The molecule has 1 amide bonds. The highest BCUT2D eigenvalue weighted by Crippen LogP contribution is 2.46. The summed E-state index contributed by atoms with van der Waals surface area (Å²) in [6, 6.07) is 7.58. The van der Waals surface area contributed by atoms with Gasteiger partial charge < -0.3 is 15.4 Å². The van der Waals surface area contributed by atoms with Crippen LogP contribution in [0.1, 0.15) is 26.7 Å². The average Bonchev–Trinajstić information content (AvgIpc) is 3.12. The highest BCUT2D eigenvalue weighted by atomic mass is 16.5. The van der Waals surface area contributed by atoms with Gasteiger partial charge in [0.2, 0.25) is 5.91 Å². The van der Waals surface area contributed by atoms with Gasteiger partial charge in [-0.2, -0.15) is 0 Å². The van der Waals surface area contributed by atoms with Crippen molar-refractivity contribution in [3.8, 4) is 5.75 Å². The first kappa shape index (κ1) is 13.9. The summed E-state index contributed by atoms with van der Waals surface area (Å²) >= 11 is 0. The van der Waals surface area contributed by atoms with E-state index in [0.29, 0.717) is 0 Å². The summed E-state index contributed by atoms with van der Waals surface area (Å²) in [6.45, 7) is 4.68. The van der Waals surface area contributed by atoms with Crippen LogP contribution in [0.3, 0.4) is 0 Å². The summed E-state index contributed by atoms with van der Waals surface area (Å²) in [7, 11) is 1.88. The van der Waals surface area contributed by atoms with Gasteiger partial charge in [0.15, 0.2) is 0 Å². The Bertz CT molecular complexity index is 453. The second kappa shape index (κ2) is 5.61. The van der Waals surface area contributed by atoms with Crippen LogP contribution < -0.4 is 15.4 Å². The minimum absolute atomic E-state index is 0.0849. The smallest absolute Gasteiger partial charge is 0.231 e. The van der Waals surface area contributed by atoms with Crippen LogP contribution >= 0.6 is 0 Å². The lowest BCUT2D eigenvalue weighted by molar-refractivity contribution is -0.121.